The predicted octanol–water partition coefficient (Wildman–Crippen LogP) is 3.19. The molecule has 22 heavy (non-hydrogen) atoms. The Kier molecular flexibility index (Phi) is 5.51. The quantitative estimate of drug-likeness (QED) is 0.927. The lowest BCUT2D eigenvalue weighted by Crippen LogP contribution is -2.46. The van der Waals surface area contributed by atoms with Gasteiger partial charge in [-0.3, -0.25) is 9.59 Å². The summed E-state index contributed by atoms with van der Waals surface area (Å²) >= 11 is 1.64. The van der Waals surface area contributed by atoms with Gasteiger partial charge in [0.1, 0.15) is 6.04 Å². The molecule has 0 radical (unpaired) electrons. The molecule has 2 unspecified atom stereocenters. The van der Waals surface area contributed by atoms with Gasteiger partial charge in [0.2, 0.25) is 11.8 Å². The van der Waals surface area contributed by atoms with Gasteiger partial charge in [-0.2, -0.15) is 0 Å². The van der Waals surface area contributed by atoms with Crippen LogP contribution < -0.4 is 5.32 Å². The fourth-order valence-electron chi connectivity index (χ4n) is 2.44. The Hall–Kier alpha value is -1.49. The minimum atomic E-state index is -0.369. The highest BCUT2D eigenvalue weighted by Crippen LogP contribution is 2.26. The summed E-state index contributed by atoms with van der Waals surface area (Å²) in [5, 5.41) is 2.99. The van der Waals surface area contributed by atoms with Gasteiger partial charge in [-0.1, -0.05) is 26.0 Å². The first kappa shape index (κ1) is 16.9. The van der Waals surface area contributed by atoms with Crippen molar-refractivity contribution in [3.63, 3.8) is 0 Å². The smallest absolute Gasteiger partial charge is 0.248 e. The summed E-state index contributed by atoms with van der Waals surface area (Å²) in [6.45, 7) is 7.94. The Morgan fingerprint density at radius 3 is 2.82 bits per heavy atom. The molecular weight excluding hydrogens is 296 g/mol. The maximum absolute atomic E-state index is 12.6. The third kappa shape index (κ3) is 3.46. The summed E-state index contributed by atoms with van der Waals surface area (Å²) in [5.41, 5.74) is 3.05. The number of nitrogens with one attached hydrogen (secondary N) is 1. The van der Waals surface area contributed by atoms with Crippen molar-refractivity contribution in [2.24, 2.45) is 5.92 Å². The number of hydrogen-bond acceptors (Lipinski definition) is 3. The highest BCUT2D eigenvalue weighted by Gasteiger charge is 2.36. The lowest BCUT2D eigenvalue weighted by Gasteiger charge is -2.26. The average Bonchev–Trinajstić information content (AvgIpc) is 2.99. The number of hydrogen-bond donors (Lipinski definition) is 1. The van der Waals surface area contributed by atoms with E-state index in [1.165, 1.54) is 0 Å². The normalized spacial score (nSPS) is 19.1. The maximum Gasteiger partial charge on any atom is 0.248 e. The van der Waals surface area contributed by atoms with E-state index in [1.807, 2.05) is 45.9 Å². The van der Waals surface area contributed by atoms with Crippen molar-refractivity contribution < 1.29 is 9.59 Å². The number of rotatable bonds is 4. The summed E-state index contributed by atoms with van der Waals surface area (Å²) in [7, 11) is 0. The van der Waals surface area contributed by atoms with Crippen LogP contribution in [0.1, 0.15) is 31.4 Å². The molecule has 2 rings (SSSR count). The number of carbonyl (C=O) groups excluding carboxylic acids is 2. The predicted molar refractivity (Wildman–Crippen MR) is 92.0 cm³/mol. The van der Waals surface area contributed by atoms with E-state index < -0.39 is 0 Å². The average molecular weight is 320 g/mol. The Balaban J connectivity index is 2.11. The van der Waals surface area contributed by atoms with E-state index in [2.05, 4.69) is 5.32 Å². The van der Waals surface area contributed by atoms with Crippen LogP contribution in [0, 0.1) is 19.8 Å². The Bertz CT molecular complexity index is 574. The van der Waals surface area contributed by atoms with E-state index >= 15 is 0 Å². The van der Waals surface area contributed by atoms with Crippen molar-refractivity contribution in [1.29, 1.82) is 0 Å². The van der Waals surface area contributed by atoms with Crippen LogP contribution in [0.2, 0.25) is 0 Å². The highest BCUT2D eigenvalue weighted by atomic mass is 32.2. The lowest BCUT2D eigenvalue weighted by molar-refractivity contribution is -0.139. The third-order valence-electron chi connectivity index (χ3n) is 4.36. The molecule has 120 valence electrons. The summed E-state index contributed by atoms with van der Waals surface area (Å²) in [5.74, 6) is 1.23. The number of thioether (sulfide) groups is 1. The van der Waals surface area contributed by atoms with E-state index in [0.29, 0.717) is 11.6 Å². The Labute approximate surface area is 136 Å². The van der Waals surface area contributed by atoms with Gasteiger partial charge in [-0.05, 0) is 37.5 Å². The highest BCUT2D eigenvalue weighted by molar-refractivity contribution is 7.99. The zero-order valence-electron chi connectivity index (χ0n) is 13.7. The van der Waals surface area contributed by atoms with E-state index in [9.17, 15) is 9.59 Å². The molecule has 0 saturated carbocycles. The fourth-order valence-corrected chi connectivity index (χ4v) is 3.60. The number of nitrogens with zero attached hydrogens (tertiary/aromatic N) is 1. The number of carbonyl (C=O) groups is 2. The maximum atomic E-state index is 12.6. The van der Waals surface area contributed by atoms with Crippen LogP contribution in [-0.4, -0.2) is 34.4 Å². The van der Waals surface area contributed by atoms with Crippen LogP contribution in [0.15, 0.2) is 18.2 Å². The topological polar surface area (TPSA) is 49.4 Å². The van der Waals surface area contributed by atoms with Gasteiger partial charge in [0.15, 0.2) is 0 Å². The molecule has 1 N–H and O–H groups in total. The monoisotopic (exact) mass is 320 g/mol. The van der Waals surface area contributed by atoms with E-state index in [0.717, 1.165) is 23.2 Å². The molecule has 1 heterocycles. The van der Waals surface area contributed by atoms with Crippen LogP contribution in [0.5, 0.6) is 0 Å². The van der Waals surface area contributed by atoms with E-state index in [4.69, 9.17) is 0 Å². The molecule has 1 aromatic rings. The Morgan fingerprint density at radius 1 is 1.41 bits per heavy atom. The standard InChI is InChI=1S/C17H24N2O2S/c1-5-11(2)17(21)19-10-22-9-15(19)16(20)18-14-8-6-7-12(3)13(14)4/h6-8,11,15H,5,9-10H2,1-4H3,(H,18,20). The molecule has 2 atom stereocenters. The molecule has 0 aliphatic carbocycles. The van der Waals surface area contributed by atoms with Crippen LogP contribution >= 0.6 is 11.8 Å². The molecule has 0 spiro atoms. The van der Waals surface area contributed by atoms with Crippen molar-refractivity contribution in [2.45, 2.75) is 40.2 Å². The first-order chi connectivity index (χ1) is 10.5. The molecule has 5 heteroatoms. The molecule has 4 nitrogen and oxygen atoms in total. The van der Waals surface area contributed by atoms with E-state index in [-0.39, 0.29) is 23.8 Å². The van der Waals surface area contributed by atoms with Gasteiger partial charge in [-0.15, -0.1) is 11.8 Å². The van der Waals surface area contributed by atoms with Gasteiger partial charge < -0.3 is 10.2 Å². The number of amides is 2. The van der Waals surface area contributed by atoms with Crippen molar-refractivity contribution in [3.05, 3.63) is 29.3 Å². The zero-order chi connectivity index (χ0) is 16.3. The molecule has 0 bridgehead atoms. The molecule has 0 aromatic heterocycles. The molecular formula is C17H24N2O2S. The van der Waals surface area contributed by atoms with Crippen LogP contribution in [0.3, 0.4) is 0 Å². The van der Waals surface area contributed by atoms with Crippen LogP contribution in [0.4, 0.5) is 5.69 Å². The lowest BCUT2D eigenvalue weighted by atomic mass is 10.1. The zero-order valence-corrected chi connectivity index (χ0v) is 14.5. The molecule has 1 fully saturated rings. The Morgan fingerprint density at radius 2 is 2.14 bits per heavy atom. The summed E-state index contributed by atoms with van der Waals surface area (Å²) in [4.78, 5) is 26.7. The fraction of sp³-hybridized carbons (Fsp3) is 0.529. The second-order valence-corrected chi connectivity index (χ2v) is 6.87. The minimum absolute atomic E-state index is 0.0327. The van der Waals surface area contributed by atoms with Crippen molar-refractivity contribution in [3.8, 4) is 0 Å². The second kappa shape index (κ2) is 7.18. The van der Waals surface area contributed by atoms with Crippen LogP contribution in [-0.2, 0) is 9.59 Å². The van der Waals surface area contributed by atoms with Gasteiger partial charge in [-0.25, -0.2) is 0 Å². The first-order valence-corrected chi connectivity index (χ1v) is 8.86. The van der Waals surface area contributed by atoms with Crippen LogP contribution in [0.25, 0.3) is 0 Å². The van der Waals surface area contributed by atoms with Crippen molar-refractivity contribution in [1.82, 2.24) is 4.90 Å². The van der Waals surface area contributed by atoms with E-state index in [1.54, 1.807) is 16.7 Å². The number of anilines is 1. The first-order valence-electron chi connectivity index (χ1n) is 7.71. The summed E-state index contributed by atoms with van der Waals surface area (Å²) in [6.07, 6.45) is 0.797. The third-order valence-corrected chi connectivity index (χ3v) is 5.38. The molecule has 1 aliphatic heterocycles. The van der Waals surface area contributed by atoms with Crippen molar-refractivity contribution in [2.75, 3.05) is 16.9 Å². The van der Waals surface area contributed by atoms with Gasteiger partial charge in [0.05, 0.1) is 5.88 Å². The van der Waals surface area contributed by atoms with Gasteiger partial charge >= 0.3 is 0 Å². The van der Waals surface area contributed by atoms with Gasteiger partial charge in [0, 0.05) is 17.4 Å². The molecule has 2 amide bonds. The van der Waals surface area contributed by atoms with Gasteiger partial charge in [0.25, 0.3) is 0 Å². The summed E-state index contributed by atoms with van der Waals surface area (Å²) < 4.78 is 0. The number of aryl methyl sites for hydroxylation is 1. The van der Waals surface area contributed by atoms with Crippen molar-refractivity contribution >= 4 is 29.3 Å². The SMILES string of the molecule is CCC(C)C(=O)N1CSCC1C(=O)Nc1cccc(C)c1C. The molecule has 1 aliphatic rings. The minimum Gasteiger partial charge on any atom is -0.324 e. The second-order valence-electron chi connectivity index (χ2n) is 5.87. The number of benzene rings is 1. The summed E-state index contributed by atoms with van der Waals surface area (Å²) in [6, 6.07) is 5.49. The molecule has 1 aromatic carbocycles. The molecule has 1 saturated heterocycles. The largest absolute Gasteiger partial charge is 0.324 e.